The summed E-state index contributed by atoms with van der Waals surface area (Å²) in [7, 11) is 0. The maximum atomic E-state index is 6.10. The van der Waals surface area contributed by atoms with Gasteiger partial charge in [0, 0.05) is 17.8 Å². The van der Waals surface area contributed by atoms with Crippen LogP contribution in [0.25, 0.3) is 0 Å². The summed E-state index contributed by atoms with van der Waals surface area (Å²) in [6.45, 7) is 10.6. The van der Waals surface area contributed by atoms with Gasteiger partial charge in [-0.2, -0.15) is 0 Å². The second kappa shape index (κ2) is 4.84. The Hall–Kier alpha value is -1.00. The number of ether oxygens (including phenoxy) is 1. The van der Waals surface area contributed by atoms with Crippen LogP contribution in [0.4, 0.5) is 0 Å². The minimum absolute atomic E-state index is 0.220. The zero-order chi connectivity index (χ0) is 13.5. The van der Waals surface area contributed by atoms with Gasteiger partial charge in [-0.15, -0.1) is 0 Å². The summed E-state index contributed by atoms with van der Waals surface area (Å²) in [6.07, 6.45) is 3.33. The maximum absolute atomic E-state index is 6.10. The highest BCUT2D eigenvalue weighted by molar-refractivity contribution is 5.33. The maximum Gasteiger partial charge on any atom is 0.125 e. The lowest BCUT2D eigenvalue weighted by Gasteiger charge is -2.34. The van der Waals surface area contributed by atoms with Gasteiger partial charge in [0.05, 0.1) is 12.3 Å². The molecular formula is C15H23N3O. The summed E-state index contributed by atoms with van der Waals surface area (Å²) in [5.74, 6) is 0.872. The summed E-state index contributed by atoms with van der Waals surface area (Å²) >= 11 is 0. The lowest BCUT2D eigenvalue weighted by atomic mass is 9.94. The van der Waals surface area contributed by atoms with E-state index in [9.17, 15) is 0 Å². The molecule has 1 unspecified atom stereocenters. The molecule has 4 nitrogen and oxygen atoms in total. The van der Waals surface area contributed by atoms with Crippen molar-refractivity contribution in [2.75, 3.05) is 19.6 Å². The summed E-state index contributed by atoms with van der Waals surface area (Å²) in [6, 6.07) is 0. The van der Waals surface area contributed by atoms with E-state index in [2.05, 4.69) is 28.7 Å². The zero-order valence-electron chi connectivity index (χ0n) is 12.2. The van der Waals surface area contributed by atoms with Crippen LogP contribution >= 0.6 is 0 Å². The van der Waals surface area contributed by atoms with Crippen molar-refractivity contribution < 1.29 is 4.74 Å². The van der Waals surface area contributed by atoms with Gasteiger partial charge >= 0.3 is 0 Å². The Morgan fingerprint density at radius 1 is 1.32 bits per heavy atom. The average Bonchev–Trinajstić information content (AvgIpc) is 2.65. The van der Waals surface area contributed by atoms with Gasteiger partial charge in [0.15, 0.2) is 0 Å². The Balaban J connectivity index is 1.84. The number of fused-ring (bicyclic) bond motifs is 1. The number of aromatic nitrogens is 2. The monoisotopic (exact) mass is 261 g/mol. The predicted octanol–water partition coefficient (Wildman–Crippen LogP) is 2.19. The van der Waals surface area contributed by atoms with Gasteiger partial charge in [0.2, 0.25) is 0 Å². The number of likely N-dealkylation sites (tertiary alicyclic amines) is 1. The molecule has 3 heterocycles. The second-order valence-corrected chi connectivity index (χ2v) is 5.86. The normalized spacial score (nSPS) is 26.3. The molecule has 0 saturated carbocycles. The molecule has 0 aliphatic carbocycles. The molecule has 0 aromatic carbocycles. The highest BCUT2D eigenvalue weighted by atomic mass is 16.5. The van der Waals surface area contributed by atoms with Gasteiger partial charge in [-0.1, -0.05) is 6.92 Å². The molecule has 104 valence electrons. The van der Waals surface area contributed by atoms with Crippen LogP contribution in [0.5, 0.6) is 0 Å². The van der Waals surface area contributed by atoms with Crippen LogP contribution in [-0.4, -0.2) is 34.5 Å². The van der Waals surface area contributed by atoms with Crippen molar-refractivity contribution >= 4 is 0 Å². The van der Waals surface area contributed by atoms with Crippen molar-refractivity contribution in [3.8, 4) is 0 Å². The van der Waals surface area contributed by atoms with Gasteiger partial charge in [0.25, 0.3) is 0 Å². The third kappa shape index (κ3) is 2.28. The SMILES string of the molecule is CCc1nc(C)nc2c1COC2(C)CCN1CCC1. The highest BCUT2D eigenvalue weighted by Gasteiger charge is 2.39. The van der Waals surface area contributed by atoms with Crippen molar-refractivity contribution in [2.24, 2.45) is 0 Å². The Bertz CT molecular complexity index is 485. The molecule has 1 aromatic heterocycles. The quantitative estimate of drug-likeness (QED) is 0.832. The first-order valence-corrected chi connectivity index (χ1v) is 7.35. The van der Waals surface area contributed by atoms with E-state index < -0.39 is 0 Å². The van der Waals surface area contributed by atoms with Crippen molar-refractivity contribution in [1.29, 1.82) is 0 Å². The first-order valence-electron chi connectivity index (χ1n) is 7.35. The molecule has 4 heteroatoms. The van der Waals surface area contributed by atoms with Crippen molar-refractivity contribution in [3.63, 3.8) is 0 Å². The molecule has 2 aliphatic heterocycles. The minimum Gasteiger partial charge on any atom is -0.364 e. The molecule has 2 aliphatic rings. The Morgan fingerprint density at radius 3 is 2.74 bits per heavy atom. The van der Waals surface area contributed by atoms with Crippen LogP contribution in [0.1, 0.15) is 49.5 Å². The third-order valence-electron chi connectivity index (χ3n) is 4.43. The van der Waals surface area contributed by atoms with Crippen LogP contribution in [0.15, 0.2) is 0 Å². The fourth-order valence-corrected chi connectivity index (χ4v) is 3.00. The van der Waals surface area contributed by atoms with Crippen molar-refractivity contribution in [1.82, 2.24) is 14.9 Å². The number of hydrogen-bond acceptors (Lipinski definition) is 4. The molecule has 0 bridgehead atoms. The van der Waals surface area contributed by atoms with Gasteiger partial charge in [-0.05, 0) is 46.2 Å². The topological polar surface area (TPSA) is 38.3 Å². The van der Waals surface area contributed by atoms with E-state index >= 15 is 0 Å². The smallest absolute Gasteiger partial charge is 0.125 e. The van der Waals surface area contributed by atoms with Gasteiger partial charge in [-0.25, -0.2) is 9.97 Å². The Labute approximate surface area is 115 Å². The van der Waals surface area contributed by atoms with Gasteiger partial charge < -0.3 is 9.64 Å². The van der Waals surface area contributed by atoms with E-state index in [0.29, 0.717) is 6.61 Å². The fourth-order valence-electron chi connectivity index (χ4n) is 3.00. The standard InChI is InChI=1S/C15H23N3O/c1-4-13-12-10-19-15(3,6-9-18-7-5-8-18)14(12)17-11(2)16-13/h4-10H2,1-3H3. The molecule has 3 rings (SSSR count). The molecule has 1 atom stereocenters. The summed E-state index contributed by atoms with van der Waals surface area (Å²) in [4.78, 5) is 11.7. The zero-order valence-corrected chi connectivity index (χ0v) is 12.2. The van der Waals surface area contributed by atoms with Gasteiger partial charge in [-0.3, -0.25) is 0 Å². The van der Waals surface area contributed by atoms with E-state index in [1.54, 1.807) is 0 Å². The fraction of sp³-hybridized carbons (Fsp3) is 0.733. The van der Waals surface area contributed by atoms with E-state index in [1.807, 2.05) is 6.92 Å². The molecule has 1 aromatic rings. The third-order valence-corrected chi connectivity index (χ3v) is 4.43. The molecule has 1 saturated heterocycles. The average molecular weight is 261 g/mol. The van der Waals surface area contributed by atoms with Crippen LogP contribution in [0.3, 0.4) is 0 Å². The molecule has 19 heavy (non-hydrogen) atoms. The summed E-state index contributed by atoms with van der Waals surface area (Å²) in [5.41, 5.74) is 3.31. The van der Waals surface area contributed by atoms with E-state index in [4.69, 9.17) is 4.74 Å². The number of aryl methyl sites for hydroxylation is 2. The van der Waals surface area contributed by atoms with Crippen molar-refractivity contribution in [3.05, 3.63) is 22.8 Å². The van der Waals surface area contributed by atoms with Crippen molar-refractivity contribution in [2.45, 2.75) is 52.2 Å². The first-order chi connectivity index (χ1) is 9.12. The molecule has 1 fully saturated rings. The lowest BCUT2D eigenvalue weighted by molar-refractivity contribution is -0.0406. The Morgan fingerprint density at radius 2 is 2.11 bits per heavy atom. The number of hydrogen-bond donors (Lipinski definition) is 0. The number of nitrogens with zero attached hydrogens (tertiary/aromatic N) is 3. The summed E-state index contributed by atoms with van der Waals surface area (Å²) in [5, 5.41) is 0. The Kier molecular flexibility index (Phi) is 3.31. The molecule has 0 N–H and O–H groups in total. The lowest BCUT2D eigenvalue weighted by Crippen LogP contribution is -2.40. The van der Waals surface area contributed by atoms with Crippen LogP contribution in [0, 0.1) is 6.92 Å². The summed E-state index contributed by atoms with van der Waals surface area (Å²) < 4.78 is 6.10. The second-order valence-electron chi connectivity index (χ2n) is 5.86. The molecule has 0 amide bonds. The van der Waals surface area contributed by atoms with Crippen LogP contribution < -0.4 is 0 Å². The largest absolute Gasteiger partial charge is 0.364 e. The number of rotatable bonds is 4. The van der Waals surface area contributed by atoms with Crippen LogP contribution in [-0.2, 0) is 23.4 Å². The first kappa shape index (κ1) is 13.0. The molecule has 0 spiro atoms. The molecule has 0 radical (unpaired) electrons. The van der Waals surface area contributed by atoms with Crippen LogP contribution in [0.2, 0.25) is 0 Å². The highest BCUT2D eigenvalue weighted by Crippen LogP contribution is 2.39. The van der Waals surface area contributed by atoms with Gasteiger partial charge in [0.1, 0.15) is 11.4 Å². The van der Waals surface area contributed by atoms with E-state index in [1.165, 1.54) is 25.1 Å². The predicted molar refractivity (Wildman–Crippen MR) is 74.0 cm³/mol. The molecular weight excluding hydrogens is 238 g/mol. The van der Waals surface area contributed by atoms with E-state index in [0.717, 1.165) is 36.6 Å². The van der Waals surface area contributed by atoms with E-state index in [-0.39, 0.29) is 5.60 Å². The minimum atomic E-state index is -0.220.